The Morgan fingerprint density at radius 3 is 3.00 bits per heavy atom. The summed E-state index contributed by atoms with van der Waals surface area (Å²) in [6.07, 6.45) is 4.01. The monoisotopic (exact) mass is 301 g/mol. The van der Waals surface area contributed by atoms with Crippen molar-refractivity contribution >= 4 is 5.95 Å². The van der Waals surface area contributed by atoms with Gasteiger partial charge in [0.1, 0.15) is 6.33 Å². The van der Waals surface area contributed by atoms with Gasteiger partial charge in [-0.05, 0) is 19.4 Å². The third-order valence-corrected chi connectivity index (χ3v) is 3.79. The van der Waals surface area contributed by atoms with Gasteiger partial charge >= 0.3 is 0 Å². The van der Waals surface area contributed by atoms with Crippen LogP contribution in [-0.2, 0) is 11.8 Å². The molecule has 1 saturated heterocycles. The number of anilines is 1. The molecule has 2 aromatic heterocycles. The molecule has 0 aromatic carbocycles. The molecule has 0 bridgehead atoms. The molecule has 1 atom stereocenters. The summed E-state index contributed by atoms with van der Waals surface area (Å²) in [5, 5.41) is 0. The topological polar surface area (TPSA) is 73.1 Å². The smallest absolute Gasteiger partial charge is 0.255 e. The minimum Gasteiger partial charge on any atom is -0.379 e. The fourth-order valence-corrected chi connectivity index (χ4v) is 2.56. The maximum absolute atomic E-state index is 12.3. The molecule has 1 unspecified atom stereocenters. The van der Waals surface area contributed by atoms with Gasteiger partial charge in [-0.25, -0.2) is 15.0 Å². The molecule has 0 saturated carbocycles. The molecule has 1 aliphatic rings. The van der Waals surface area contributed by atoms with Crippen molar-refractivity contribution in [1.82, 2.24) is 19.5 Å². The molecule has 0 radical (unpaired) electrons. The summed E-state index contributed by atoms with van der Waals surface area (Å²) in [5.41, 5.74) is 1.11. The molecule has 0 amide bonds. The molecule has 116 valence electrons. The lowest BCUT2D eigenvalue weighted by Crippen LogP contribution is -2.39. The Morgan fingerprint density at radius 2 is 2.23 bits per heavy atom. The number of aromatic nitrogens is 4. The van der Waals surface area contributed by atoms with Crippen molar-refractivity contribution in [2.75, 3.05) is 24.7 Å². The van der Waals surface area contributed by atoms with Crippen molar-refractivity contribution in [2.24, 2.45) is 7.05 Å². The summed E-state index contributed by atoms with van der Waals surface area (Å²) in [6, 6.07) is 3.42. The lowest BCUT2D eigenvalue weighted by molar-refractivity contribution is 0.137. The molecule has 22 heavy (non-hydrogen) atoms. The molecule has 0 N–H and O–H groups in total. The Bertz CT molecular complexity index is 701. The highest BCUT2D eigenvalue weighted by molar-refractivity contribution is 5.55. The first-order valence-corrected chi connectivity index (χ1v) is 7.35. The van der Waals surface area contributed by atoms with Crippen LogP contribution in [0, 0.1) is 0 Å². The quantitative estimate of drug-likeness (QED) is 0.819. The summed E-state index contributed by atoms with van der Waals surface area (Å²) < 4.78 is 7.14. The molecular weight excluding hydrogens is 282 g/mol. The number of ether oxygens (including phenoxy) is 1. The van der Waals surface area contributed by atoms with E-state index >= 15 is 0 Å². The number of nitrogens with zero attached hydrogens (tertiary/aromatic N) is 5. The van der Waals surface area contributed by atoms with Gasteiger partial charge in [0.15, 0.2) is 0 Å². The largest absolute Gasteiger partial charge is 0.379 e. The van der Waals surface area contributed by atoms with Crippen LogP contribution < -0.4 is 10.5 Å². The van der Waals surface area contributed by atoms with E-state index in [9.17, 15) is 4.79 Å². The fraction of sp³-hybridized carbons (Fsp3) is 0.467. The maximum Gasteiger partial charge on any atom is 0.255 e. The van der Waals surface area contributed by atoms with Gasteiger partial charge in [-0.15, -0.1) is 0 Å². The van der Waals surface area contributed by atoms with Crippen LogP contribution in [0.3, 0.4) is 0 Å². The van der Waals surface area contributed by atoms with E-state index in [-0.39, 0.29) is 11.6 Å². The summed E-state index contributed by atoms with van der Waals surface area (Å²) in [5.74, 6) is 0.652. The summed E-state index contributed by atoms with van der Waals surface area (Å²) >= 11 is 0. The van der Waals surface area contributed by atoms with Crippen LogP contribution in [0.2, 0.25) is 0 Å². The van der Waals surface area contributed by atoms with Crippen LogP contribution in [-0.4, -0.2) is 45.3 Å². The molecule has 1 aliphatic heterocycles. The summed E-state index contributed by atoms with van der Waals surface area (Å²) in [7, 11) is 1.74. The molecule has 2 aromatic rings. The molecule has 1 fully saturated rings. The van der Waals surface area contributed by atoms with Crippen molar-refractivity contribution in [3.63, 3.8) is 0 Å². The summed E-state index contributed by atoms with van der Waals surface area (Å²) in [4.78, 5) is 27.2. The second-order valence-corrected chi connectivity index (χ2v) is 5.40. The van der Waals surface area contributed by atoms with Crippen LogP contribution >= 0.6 is 0 Å². The Hall–Kier alpha value is -2.28. The first kappa shape index (κ1) is 14.6. The van der Waals surface area contributed by atoms with E-state index in [0.717, 1.165) is 19.6 Å². The van der Waals surface area contributed by atoms with Gasteiger partial charge in [-0.3, -0.25) is 9.36 Å². The van der Waals surface area contributed by atoms with Crippen LogP contribution in [0.25, 0.3) is 11.4 Å². The van der Waals surface area contributed by atoms with Crippen molar-refractivity contribution in [3.8, 4) is 11.4 Å². The van der Waals surface area contributed by atoms with Gasteiger partial charge in [0.2, 0.25) is 5.95 Å². The molecule has 3 heterocycles. The van der Waals surface area contributed by atoms with Crippen molar-refractivity contribution in [1.29, 1.82) is 0 Å². The molecule has 0 aliphatic carbocycles. The number of hydrogen-bond donors (Lipinski definition) is 0. The molecule has 7 nitrogen and oxygen atoms in total. The zero-order valence-electron chi connectivity index (χ0n) is 12.8. The first-order valence-electron chi connectivity index (χ1n) is 7.35. The standard InChI is InChI=1S/C15H19N5O2/c1-11-9-22-7-3-6-20(11)15-18-13(8-14(21)19(15)2)12-4-5-16-10-17-12/h4-5,8,10-11H,3,6-7,9H2,1-2H3. The molecule has 0 spiro atoms. The van der Waals surface area contributed by atoms with Gasteiger partial charge in [-0.1, -0.05) is 0 Å². The van der Waals surface area contributed by atoms with Crippen molar-refractivity contribution in [3.05, 3.63) is 35.0 Å². The minimum absolute atomic E-state index is 0.101. The predicted molar refractivity (Wildman–Crippen MR) is 82.7 cm³/mol. The SMILES string of the molecule is CC1COCCCN1c1nc(-c2ccncn2)cc(=O)n1C. The average Bonchev–Trinajstić information content (AvgIpc) is 2.75. The van der Waals surface area contributed by atoms with Gasteiger partial charge < -0.3 is 9.64 Å². The zero-order chi connectivity index (χ0) is 15.5. The minimum atomic E-state index is -0.101. The van der Waals surface area contributed by atoms with Crippen LogP contribution in [0.15, 0.2) is 29.5 Å². The third kappa shape index (κ3) is 2.85. The van der Waals surface area contributed by atoms with Gasteiger partial charge in [0.25, 0.3) is 5.56 Å². The molecular formula is C15H19N5O2. The number of rotatable bonds is 2. The van der Waals surface area contributed by atoms with Crippen LogP contribution in [0.4, 0.5) is 5.95 Å². The first-order chi connectivity index (χ1) is 10.7. The van der Waals surface area contributed by atoms with E-state index in [2.05, 4.69) is 26.8 Å². The molecule has 3 rings (SSSR count). The van der Waals surface area contributed by atoms with E-state index in [0.29, 0.717) is 23.9 Å². The highest BCUT2D eigenvalue weighted by Gasteiger charge is 2.22. The van der Waals surface area contributed by atoms with E-state index in [1.165, 1.54) is 12.4 Å². The third-order valence-electron chi connectivity index (χ3n) is 3.79. The average molecular weight is 301 g/mol. The van der Waals surface area contributed by atoms with E-state index in [4.69, 9.17) is 4.74 Å². The Labute approximate surface area is 128 Å². The van der Waals surface area contributed by atoms with Gasteiger partial charge in [0.05, 0.1) is 24.0 Å². The van der Waals surface area contributed by atoms with Gasteiger partial charge in [0, 0.05) is 32.5 Å². The number of hydrogen-bond acceptors (Lipinski definition) is 6. The second kappa shape index (κ2) is 6.23. The molecule has 7 heteroatoms. The van der Waals surface area contributed by atoms with E-state index < -0.39 is 0 Å². The van der Waals surface area contributed by atoms with E-state index in [1.807, 2.05) is 0 Å². The lowest BCUT2D eigenvalue weighted by Gasteiger charge is -2.28. The van der Waals surface area contributed by atoms with E-state index in [1.54, 1.807) is 23.9 Å². The Kier molecular flexibility index (Phi) is 4.15. The predicted octanol–water partition coefficient (Wildman–Crippen LogP) is 0.852. The zero-order valence-corrected chi connectivity index (χ0v) is 12.8. The maximum atomic E-state index is 12.3. The Balaban J connectivity index is 2.07. The summed E-state index contributed by atoms with van der Waals surface area (Å²) in [6.45, 7) is 4.26. The van der Waals surface area contributed by atoms with Gasteiger partial charge in [-0.2, -0.15) is 0 Å². The highest BCUT2D eigenvalue weighted by Crippen LogP contribution is 2.19. The fourth-order valence-electron chi connectivity index (χ4n) is 2.56. The van der Waals surface area contributed by atoms with Crippen LogP contribution in [0.5, 0.6) is 0 Å². The highest BCUT2D eigenvalue weighted by atomic mass is 16.5. The lowest BCUT2D eigenvalue weighted by atomic mass is 10.2. The second-order valence-electron chi connectivity index (χ2n) is 5.40. The normalized spacial score (nSPS) is 19.0. The van der Waals surface area contributed by atoms with Crippen LogP contribution in [0.1, 0.15) is 13.3 Å². The Morgan fingerprint density at radius 1 is 1.36 bits per heavy atom. The van der Waals surface area contributed by atoms with Crippen molar-refractivity contribution in [2.45, 2.75) is 19.4 Å². The van der Waals surface area contributed by atoms with Crippen molar-refractivity contribution < 1.29 is 4.74 Å².